The number of allylic oxidation sites excluding steroid dienone is 8. The predicted octanol–water partition coefficient (Wildman–Crippen LogP) is 17.5. The first-order valence-corrected chi connectivity index (χ1v) is 26.6. The summed E-state index contributed by atoms with van der Waals surface area (Å²) in [6, 6.07) is 0. The quantitative estimate of drug-likeness (QED) is 0.0262. The molecule has 6 heteroatoms. The normalized spacial score (nSPS) is 12.4. The van der Waals surface area contributed by atoms with Crippen LogP contribution < -0.4 is 0 Å². The van der Waals surface area contributed by atoms with Crippen molar-refractivity contribution in [2.45, 2.75) is 277 Å². The number of carbonyl (C=O) groups excluding carboxylic acids is 3. The van der Waals surface area contributed by atoms with Crippen molar-refractivity contribution in [3.63, 3.8) is 0 Å². The van der Waals surface area contributed by atoms with Crippen molar-refractivity contribution < 1.29 is 28.6 Å². The number of hydrogen-bond acceptors (Lipinski definition) is 6. The molecule has 0 radical (unpaired) electrons. The monoisotopic (exact) mass is 869 g/mol. The minimum absolute atomic E-state index is 0.0804. The van der Waals surface area contributed by atoms with Gasteiger partial charge in [-0.2, -0.15) is 0 Å². The minimum Gasteiger partial charge on any atom is -0.462 e. The Bertz CT molecular complexity index is 1090. The van der Waals surface area contributed by atoms with Crippen molar-refractivity contribution >= 4 is 17.9 Å². The van der Waals surface area contributed by atoms with Gasteiger partial charge in [0.25, 0.3) is 0 Å². The highest BCUT2D eigenvalue weighted by Crippen LogP contribution is 2.15. The van der Waals surface area contributed by atoms with Gasteiger partial charge in [-0.15, -0.1) is 0 Å². The van der Waals surface area contributed by atoms with E-state index in [1.165, 1.54) is 148 Å². The Balaban J connectivity index is 4.34. The van der Waals surface area contributed by atoms with E-state index in [1.54, 1.807) is 0 Å². The molecule has 0 aliphatic rings. The molecule has 0 amide bonds. The van der Waals surface area contributed by atoms with Crippen molar-refractivity contribution in [2.24, 2.45) is 0 Å². The summed E-state index contributed by atoms with van der Waals surface area (Å²) >= 11 is 0. The summed E-state index contributed by atoms with van der Waals surface area (Å²) < 4.78 is 16.8. The smallest absolute Gasteiger partial charge is 0.306 e. The fourth-order valence-corrected chi connectivity index (χ4v) is 7.46. The largest absolute Gasteiger partial charge is 0.462 e. The molecule has 0 saturated carbocycles. The van der Waals surface area contributed by atoms with Gasteiger partial charge in [-0.3, -0.25) is 14.4 Å². The van der Waals surface area contributed by atoms with E-state index in [-0.39, 0.29) is 31.1 Å². The average molecular weight is 869 g/mol. The van der Waals surface area contributed by atoms with E-state index >= 15 is 0 Å². The van der Waals surface area contributed by atoms with Gasteiger partial charge in [-0.05, 0) is 103 Å². The van der Waals surface area contributed by atoms with E-state index in [1.807, 2.05) is 0 Å². The number of unbranched alkanes of at least 4 members (excludes halogenated alkanes) is 29. The van der Waals surface area contributed by atoms with E-state index in [0.29, 0.717) is 19.3 Å². The molecule has 0 aliphatic carbocycles. The summed E-state index contributed by atoms with van der Waals surface area (Å²) in [7, 11) is 0. The number of carbonyl (C=O) groups is 3. The third-order valence-electron chi connectivity index (χ3n) is 11.5. The maximum Gasteiger partial charge on any atom is 0.306 e. The van der Waals surface area contributed by atoms with Gasteiger partial charge < -0.3 is 14.2 Å². The molecule has 0 aliphatic heterocycles. The Morgan fingerprint density at radius 1 is 0.323 bits per heavy atom. The third-order valence-corrected chi connectivity index (χ3v) is 11.5. The lowest BCUT2D eigenvalue weighted by Gasteiger charge is -2.18. The van der Waals surface area contributed by atoms with Crippen LogP contribution in [0, 0.1) is 0 Å². The standard InChI is InChI=1S/C56H100O6/c1-4-7-10-13-16-19-22-25-26-27-28-29-30-32-34-37-40-43-46-49-55(58)61-52-53(51-60-54(57)48-45-42-39-36-33-24-21-18-15-12-9-6-3)62-56(59)50-47-44-41-38-35-31-23-20-17-14-11-8-5-2/h16,18-21,23,25-26,53H,4-15,17,22,24,27-52H2,1-3H3/b19-16-,21-18-,23-20-,26-25-/t53-/m1/s1. The number of hydrogen-bond donors (Lipinski definition) is 0. The van der Waals surface area contributed by atoms with Crippen molar-refractivity contribution in [3.8, 4) is 0 Å². The number of ether oxygens (including phenoxy) is 3. The van der Waals surface area contributed by atoms with E-state index in [9.17, 15) is 14.4 Å². The lowest BCUT2D eigenvalue weighted by atomic mass is 10.1. The highest BCUT2D eigenvalue weighted by Gasteiger charge is 2.19. The zero-order valence-corrected chi connectivity index (χ0v) is 41.1. The fraction of sp³-hybridized carbons (Fsp3) is 0.804. The molecule has 0 saturated heterocycles. The first-order chi connectivity index (χ1) is 30.5. The molecule has 0 aromatic carbocycles. The van der Waals surface area contributed by atoms with Crippen LogP contribution in [0.2, 0.25) is 0 Å². The zero-order valence-electron chi connectivity index (χ0n) is 41.1. The molecule has 62 heavy (non-hydrogen) atoms. The van der Waals surface area contributed by atoms with E-state index in [2.05, 4.69) is 69.4 Å². The molecule has 0 aromatic rings. The molecule has 0 unspecified atom stereocenters. The predicted molar refractivity (Wildman–Crippen MR) is 265 cm³/mol. The van der Waals surface area contributed by atoms with Gasteiger partial charge in [0.2, 0.25) is 0 Å². The maximum atomic E-state index is 12.8. The first-order valence-electron chi connectivity index (χ1n) is 26.6. The van der Waals surface area contributed by atoms with Crippen LogP contribution in [-0.4, -0.2) is 37.2 Å². The van der Waals surface area contributed by atoms with Gasteiger partial charge in [-0.1, -0.05) is 198 Å². The fourth-order valence-electron chi connectivity index (χ4n) is 7.46. The first kappa shape index (κ1) is 59.4. The molecule has 0 heterocycles. The van der Waals surface area contributed by atoms with Gasteiger partial charge in [0.15, 0.2) is 6.10 Å². The van der Waals surface area contributed by atoms with Crippen LogP contribution in [-0.2, 0) is 28.6 Å². The van der Waals surface area contributed by atoms with Gasteiger partial charge in [0.1, 0.15) is 13.2 Å². The summed E-state index contributed by atoms with van der Waals surface area (Å²) in [5.74, 6) is -0.896. The van der Waals surface area contributed by atoms with Gasteiger partial charge in [0, 0.05) is 19.3 Å². The molecule has 6 nitrogen and oxygen atoms in total. The maximum absolute atomic E-state index is 12.8. The summed E-state index contributed by atoms with van der Waals surface area (Å²) in [6.45, 7) is 6.57. The second-order valence-corrected chi connectivity index (χ2v) is 17.8. The summed E-state index contributed by atoms with van der Waals surface area (Å²) in [5, 5.41) is 0. The lowest BCUT2D eigenvalue weighted by Crippen LogP contribution is -2.30. The topological polar surface area (TPSA) is 78.9 Å². The van der Waals surface area contributed by atoms with Crippen molar-refractivity contribution in [2.75, 3.05) is 13.2 Å². The van der Waals surface area contributed by atoms with E-state index < -0.39 is 6.10 Å². The zero-order chi connectivity index (χ0) is 45.1. The third kappa shape index (κ3) is 48.4. The number of esters is 3. The Morgan fingerprint density at radius 2 is 0.581 bits per heavy atom. The van der Waals surface area contributed by atoms with E-state index in [4.69, 9.17) is 14.2 Å². The van der Waals surface area contributed by atoms with Crippen LogP contribution in [0.4, 0.5) is 0 Å². The summed E-state index contributed by atoms with van der Waals surface area (Å²) in [5.41, 5.74) is 0. The van der Waals surface area contributed by atoms with Crippen LogP contribution in [0.3, 0.4) is 0 Å². The molecule has 0 fully saturated rings. The molecule has 0 spiro atoms. The molecule has 1 atom stereocenters. The summed E-state index contributed by atoms with van der Waals surface area (Å²) in [4.78, 5) is 38.0. The summed E-state index contributed by atoms with van der Waals surface area (Å²) in [6.07, 6.45) is 60.9. The van der Waals surface area contributed by atoms with Gasteiger partial charge in [-0.25, -0.2) is 0 Å². The highest BCUT2D eigenvalue weighted by molar-refractivity contribution is 5.71. The highest BCUT2D eigenvalue weighted by atomic mass is 16.6. The van der Waals surface area contributed by atoms with Crippen LogP contribution in [0.5, 0.6) is 0 Å². The van der Waals surface area contributed by atoms with Crippen LogP contribution >= 0.6 is 0 Å². The minimum atomic E-state index is -0.780. The van der Waals surface area contributed by atoms with Crippen LogP contribution in [0.1, 0.15) is 271 Å². The van der Waals surface area contributed by atoms with Crippen LogP contribution in [0.25, 0.3) is 0 Å². The van der Waals surface area contributed by atoms with E-state index in [0.717, 1.165) is 83.5 Å². The molecule has 0 rings (SSSR count). The van der Waals surface area contributed by atoms with Crippen molar-refractivity contribution in [1.82, 2.24) is 0 Å². The van der Waals surface area contributed by atoms with Crippen molar-refractivity contribution in [3.05, 3.63) is 48.6 Å². The SMILES string of the molecule is CCCCC/C=C\C/C=C\CCCCCCCCCCCC(=O)OC[C@@H](COC(=O)CCCCCCC/C=C\CCCCC)OC(=O)CCCCCCC/C=C\CCCCCC. The number of rotatable bonds is 48. The van der Waals surface area contributed by atoms with Gasteiger partial charge >= 0.3 is 17.9 Å². The Labute approximate surface area is 384 Å². The van der Waals surface area contributed by atoms with Gasteiger partial charge in [0.05, 0.1) is 0 Å². The second-order valence-electron chi connectivity index (χ2n) is 17.8. The Hall–Kier alpha value is -2.63. The molecular weight excluding hydrogens is 769 g/mol. The van der Waals surface area contributed by atoms with Crippen LogP contribution in [0.15, 0.2) is 48.6 Å². The second kappa shape index (κ2) is 51.0. The molecule has 360 valence electrons. The molecular formula is C56H100O6. The molecule has 0 N–H and O–H groups in total. The Morgan fingerprint density at radius 3 is 0.935 bits per heavy atom. The average Bonchev–Trinajstić information content (AvgIpc) is 3.27. The Kier molecular flexibility index (Phi) is 48.8. The van der Waals surface area contributed by atoms with Crippen molar-refractivity contribution in [1.29, 1.82) is 0 Å². The molecule has 0 bridgehead atoms. The molecule has 0 aromatic heterocycles. The lowest BCUT2D eigenvalue weighted by molar-refractivity contribution is -0.167.